The second-order valence-corrected chi connectivity index (χ2v) is 5.73. The van der Waals surface area contributed by atoms with Crippen LogP contribution in [0.1, 0.15) is 5.56 Å². The van der Waals surface area contributed by atoms with E-state index >= 15 is 0 Å². The van der Waals surface area contributed by atoms with Crippen molar-refractivity contribution in [3.8, 4) is 5.75 Å². The highest BCUT2D eigenvalue weighted by molar-refractivity contribution is 9.10. The molecule has 0 radical (unpaired) electrons. The van der Waals surface area contributed by atoms with Crippen molar-refractivity contribution in [3.05, 3.63) is 55.3 Å². The third-order valence-electron chi connectivity index (χ3n) is 2.63. The molecule has 0 saturated heterocycles. The third kappa shape index (κ3) is 3.19. The van der Waals surface area contributed by atoms with Gasteiger partial charge in [-0.25, -0.2) is 0 Å². The molecule has 0 amide bonds. The van der Waals surface area contributed by atoms with Gasteiger partial charge in [0.2, 0.25) is 0 Å². The van der Waals surface area contributed by atoms with Crippen molar-refractivity contribution in [2.45, 2.75) is 6.54 Å². The summed E-state index contributed by atoms with van der Waals surface area (Å²) in [5.74, 6) is 0.754. The van der Waals surface area contributed by atoms with Crippen LogP contribution in [-0.2, 0) is 6.54 Å². The van der Waals surface area contributed by atoms with Gasteiger partial charge in [-0.05, 0) is 55.6 Å². The van der Waals surface area contributed by atoms with E-state index < -0.39 is 0 Å². The number of rotatable bonds is 3. The van der Waals surface area contributed by atoms with Gasteiger partial charge in [-0.2, -0.15) is 0 Å². The molecule has 100 valence electrons. The minimum atomic E-state index is -0.110. The molecule has 4 nitrogen and oxygen atoms in total. The van der Waals surface area contributed by atoms with Crippen LogP contribution in [-0.4, -0.2) is 11.7 Å². The number of methoxy groups -OCH3 is 1. The lowest BCUT2D eigenvalue weighted by Gasteiger charge is -2.09. The van der Waals surface area contributed by atoms with Crippen LogP contribution in [0.25, 0.3) is 0 Å². The maximum Gasteiger partial charge on any atom is 0.265 e. The highest BCUT2D eigenvalue weighted by Crippen LogP contribution is 2.25. The summed E-state index contributed by atoms with van der Waals surface area (Å²) < 4.78 is 8.04. The second-order valence-electron chi connectivity index (χ2n) is 4.02. The number of ether oxygens (including phenoxy) is 1. The van der Waals surface area contributed by atoms with Gasteiger partial charge in [0, 0.05) is 11.9 Å². The topological polar surface area (TPSA) is 57.2 Å². The summed E-state index contributed by atoms with van der Waals surface area (Å²) in [7, 11) is 1.61. The van der Waals surface area contributed by atoms with Crippen molar-refractivity contribution in [3.63, 3.8) is 0 Å². The molecule has 1 aromatic carbocycles. The molecule has 0 fully saturated rings. The summed E-state index contributed by atoms with van der Waals surface area (Å²) in [5, 5.41) is 0. The van der Waals surface area contributed by atoms with E-state index in [1.807, 2.05) is 18.2 Å². The number of halogens is 2. The number of nitrogens with zero attached hydrogens (tertiary/aromatic N) is 1. The predicted octanol–water partition coefficient (Wildman–Crippen LogP) is 3.01. The summed E-state index contributed by atoms with van der Waals surface area (Å²) in [6.07, 6.45) is 1.63. The van der Waals surface area contributed by atoms with E-state index in [1.54, 1.807) is 23.9 Å². The average Bonchev–Trinajstić information content (AvgIpc) is 2.35. The summed E-state index contributed by atoms with van der Waals surface area (Å²) in [6.45, 7) is 0.449. The summed E-state index contributed by atoms with van der Waals surface area (Å²) in [4.78, 5) is 12.0. The van der Waals surface area contributed by atoms with E-state index in [9.17, 15) is 4.79 Å². The Kier molecular flexibility index (Phi) is 4.31. The predicted molar refractivity (Wildman–Crippen MR) is 82.6 cm³/mol. The Morgan fingerprint density at radius 2 is 2.00 bits per heavy atom. The highest BCUT2D eigenvalue weighted by Gasteiger charge is 2.06. The van der Waals surface area contributed by atoms with Crippen LogP contribution in [0, 0.1) is 0 Å². The van der Waals surface area contributed by atoms with Crippen molar-refractivity contribution in [2.75, 3.05) is 12.8 Å². The molecule has 0 bridgehead atoms. The average molecular weight is 388 g/mol. The van der Waals surface area contributed by atoms with Crippen LogP contribution in [0.15, 0.2) is 44.2 Å². The Morgan fingerprint density at radius 1 is 1.26 bits per heavy atom. The van der Waals surface area contributed by atoms with Crippen molar-refractivity contribution < 1.29 is 4.74 Å². The number of nitrogen functional groups attached to an aromatic ring is 1. The maximum absolute atomic E-state index is 12.0. The third-order valence-corrected chi connectivity index (χ3v) is 3.82. The SMILES string of the molecule is COc1ccc(Cn2cc(N)cc(Br)c2=O)cc1Br. The molecule has 0 aliphatic carbocycles. The van der Waals surface area contributed by atoms with E-state index in [1.165, 1.54) is 0 Å². The Labute approximate surface area is 127 Å². The van der Waals surface area contributed by atoms with Crippen molar-refractivity contribution >= 4 is 37.5 Å². The van der Waals surface area contributed by atoms with Gasteiger partial charge < -0.3 is 15.0 Å². The first-order valence-electron chi connectivity index (χ1n) is 5.49. The van der Waals surface area contributed by atoms with E-state index in [2.05, 4.69) is 31.9 Å². The monoisotopic (exact) mass is 386 g/mol. The number of pyridine rings is 1. The van der Waals surface area contributed by atoms with E-state index in [-0.39, 0.29) is 5.56 Å². The molecule has 1 heterocycles. The molecule has 0 aliphatic rings. The largest absolute Gasteiger partial charge is 0.496 e. The lowest BCUT2D eigenvalue weighted by Crippen LogP contribution is -2.21. The zero-order valence-electron chi connectivity index (χ0n) is 10.2. The fraction of sp³-hybridized carbons (Fsp3) is 0.154. The van der Waals surface area contributed by atoms with Gasteiger partial charge in [0.15, 0.2) is 0 Å². The number of hydrogen-bond donors (Lipinski definition) is 1. The first-order chi connectivity index (χ1) is 9.01. The molecule has 0 unspecified atom stereocenters. The van der Waals surface area contributed by atoms with Gasteiger partial charge >= 0.3 is 0 Å². The number of benzene rings is 1. The molecule has 2 rings (SSSR count). The molecule has 6 heteroatoms. The van der Waals surface area contributed by atoms with Gasteiger partial charge in [0.1, 0.15) is 5.75 Å². The van der Waals surface area contributed by atoms with Crippen molar-refractivity contribution in [1.82, 2.24) is 4.57 Å². The first-order valence-corrected chi connectivity index (χ1v) is 7.07. The molecule has 0 atom stereocenters. The molecule has 1 aromatic heterocycles. The van der Waals surface area contributed by atoms with Crippen molar-refractivity contribution in [2.24, 2.45) is 0 Å². The van der Waals surface area contributed by atoms with Crippen LogP contribution in [0.5, 0.6) is 5.75 Å². The number of aromatic nitrogens is 1. The second kappa shape index (κ2) is 5.79. The van der Waals surface area contributed by atoms with Gasteiger partial charge in [-0.15, -0.1) is 0 Å². The Bertz CT molecular complexity index is 668. The van der Waals surface area contributed by atoms with Crippen LogP contribution >= 0.6 is 31.9 Å². The van der Waals surface area contributed by atoms with Gasteiger partial charge in [0.05, 0.1) is 22.6 Å². The first kappa shape index (κ1) is 14.1. The summed E-state index contributed by atoms with van der Waals surface area (Å²) in [5.41, 5.74) is 7.15. The summed E-state index contributed by atoms with van der Waals surface area (Å²) >= 11 is 6.63. The smallest absolute Gasteiger partial charge is 0.265 e. The van der Waals surface area contributed by atoms with E-state index in [0.717, 1.165) is 15.8 Å². The highest BCUT2D eigenvalue weighted by atomic mass is 79.9. The van der Waals surface area contributed by atoms with E-state index in [4.69, 9.17) is 10.5 Å². The lowest BCUT2D eigenvalue weighted by molar-refractivity contribution is 0.412. The molecular formula is C13H12Br2N2O2. The minimum Gasteiger partial charge on any atom is -0.496 e. The van der Waals surface area contributed by atoms with Gasteiger partial charge in [0.25, 0.3) is 5.56 Å². The normalized spacial score (nSPS) is 10.5. The number of nitrogens with two attached hydrogens (primary N) is 1. The van der Waals surface area contributed by atoms with Crippen molar-refractivity contribution in [1.29, 1.82) is 0 Å². The summed E-state index contributed by atoms with van der Waals surface area (Å²) in [6, 6.07) is 7.28. The molecule has 0 saturated carbocycles. The fourth-order valence-electron chi connectivity index (χ4n) is 1.74. The zero-order valence-corrected chi connectivity index (χ0v) is 13.4. The van der Waals surface area contributed by atoms with Crippen LogP contribution in [0.3, 0.4) is 0 Å². The Balaban J connectivity index is 2.36. The van der Waals surface area contributed by atoms with Gasteiger partial charge in [-0.3, -0.25) is 4.79 Å². The lowest BCUT2D eigenvalue weighted by atomic mass is 10.2. The molecular weight excluding hydrogens is 376 g/mol. The van der Waals surface area contributed by atoms with Crippen LogP contribution in [0.4, 0.5) is 5.69 Å². The Morgan fingerprint density at radius 3 is 2.63 bits per heavy atom. The van der Waals surface area contributed by atoms with Gasteiger partial charge in [-0.1, -0.05) is 6.07 Å². The minimum absolute atomic E-state index is 0.110. The maximum atomic E-state index is 12.0. The quantitative estimate of drug-likeness (QED) is 0.880. The zero-order chi connectivity index (χ0) is 14.0. The molecule has 2 N–H and O–H groups in total. The van der Waals surface area contributed by atoms with E-state index in [0.29, 0.717) is 16.7 Å². The number of anilines is 1. The van der Waals surface area contributed by atoms with Crippen LogP contribution in [0.2, 0.25) is 0 Å². The molecule has 0 aliphatic heterocycles. The fourth-order valence-corrected chi connectivity index (χ4v) is 2.82. The number of hydrogen-bond acceptors (Lipinski definition) is 3. The molecule has 2 aromatic rings. The molecule has 19 heavy (non-hydrogen) atoms. The Hall–Kier alpha value is -1.27. The van der Waals surface area contributed by atoms with Crippen LogP contribution < -0.4 is 16.0 Å². The molecule has 0 spiro atoms. The standard InChI is InChI=1S/C13H12Br2N2O2/c1-19-12-3-2-8(4-10(12)14)6-17-7-9(16)5-11(15)13(17)18/h2-5,7H,6,16H2,1H3.